The maximum atomic E-state index is 11.7. The molecule has 0 heterocycles. The highest BCUT2D eigenvalue weighted by molar-refractivity contribution is 7.91. The lowest BCUT2D eigenvalue weighted by molar-refractivity contribution is 0.597. The van der Waals surface area contributed by atoms with E-state index in [1.54, 1.807) is 31.2 Å². The van der Waals surface area contributed by atoms with Gasteiger partial charge in [0.2, 0.25) is 0 Å². The zero-order valence-corrected chi connectivity index (χ0v) is 9.55. The van der Waals surface area contributed by atoms with Crippen LogP contribution >= 0.6 is 0 Å². The van der Waals surface area contributed by atoms with Crippen LogP contribution in [0.4, 0.5) is 5.69 Å². The fraction of sp³-hybridized carbons (Fsp3) is 0.400. The summed E-state index contributed by atoms with van der Waals surface area (Å²) in [5, 5.41) is 3.00. The van der Waals surface area contributed by atoms with Gasteiger partial charge in [0.1, 0.15) is 0 Å². The summed E-state index contributed by atoms with van der Waals surface area (Å²) in [6.07, 6.45) is 0. The van der Waals surface area contributed by atoms with Gasteiger partial charge < -0.3 is 11.1 Å². The Balaban J connectivity index is 3.07. The fourth-order valence-electron chi connectivity index (χ4n) is 1.25. The number of hydrogen-bond acceptors (Lipinski definition) is 4. The molecule has 0 aromatic heterocycles. The van der Waals surface area contributed by atoms with Crippen molar-refractivity contribution < 1.29 is 8.42 Å². The maximum absolute atomic E-state index is 11.7. The van der Waals surface area contributed by atoms with Crippen molar-refractivity contribution in [3.05, 3.63) is 24.3 Å². The Bertz CT molecular complexity index is 415. The second-order valence-electron chi connectivity index (χ2n) is 3.12. The quantitative estimate of drug-likeness (QED) is 0.783. The molecule has 0 aliphatic rings. The van der Waals surface area contributed by atoms with E-state index in [1.807, 2.05) is 0 Å². The number of nitrogens with two attached hydrogens (primary N) is 1. The molecule has 0 aliphatic carbocycles. The van der Waals surface area contributed by atoms with Gasteiger partial charge in [-0.05, 0) is 12.1 Å². The summed E-state index contributed by atoms with van der Waals surface area (Å²) in [6, 6.07) is 6.87. The number of para-hydroxylation sites is 1. The molecule has 1 rings (SSSR count). The van der Waals surface area contributed by atoms with E-state index in [0.29, 0.717) is 23.7 Å². The van der Waals surface area contributed by atoms with Gasteiger partial charge in [-0.2, -0.15) is 0 Å². The summed E-state index contributed by atoms with van der Waals surface area (Å²) in [4.78, 5) is 0.348. The average molecular weight is 228 g/mol. The Hall–Kier alpha value is -1.07. The molecule has 84 valence electrons. The first-order valence-electron chi connectivity index (χ1n) is 4.87. The predicted octanol–water partition coefficient (Wildman–Crippen LogP) is 0.851. The van der Waals surface area contributed by atoms with E-state index in [2.05, 4.69) is 5.32 Å². The Labute approximate surface area is 90.4 Å². The standard InChI is InChI=1S/C10H16N2O2S/c1-2-15(13,14)10-6-4-3-5-9(10)12-8-7-11/h3-6,12H,2,7-8,11H2,1H3. The van der Waals surface area contributed by atoms with Crippen molar-refractivity contribution in [1.29, 1.82) is 0 Å². The first-order chi connectivity index (χ1) is 7.11. The zero-order chi connectivity index (χ0) is 11.3. The van der Waals surface area contributed by atoms with Crippen LogP contribution in [0.15, 0.2) is 29.2 Å². The van der Waals surface area contributed by atoms with Crippen molar-refractivity contribution in [2.75, 3.05) is 24.2 Å². The van der Waals surface area contributed by atoms with E-state index in [9.17, 15) is 8.42 Å². The first kappa shape index (κ1) is 12.0. The molecule has 3 N–H and O–H groups in total. The molecular weight excluding hydrogens is 212 g/mol. The highest BCUT2D eigenvalue weighted by Crippen LogP contribution is 2.21. The summed E-state index contributed by atoms with van der Waals surface area (Å²) >= 11 is 0. The van der Waals surface area contributed by atoms with Crippen molar-refractivity contribution in [3.63, 3.8) is 0 Å². The second kappa shape index (κ2) is 5.14. The van der Waals surface area contributed by atoms with Crippen LogP contribution in [0.25, 0.3) is 0 Å². The van der Waals surface area contributed by atoms with E-state index in [1.165, 1.54) is 0 Å². The molecule has 0 atom stereocenters. The zero-order valence-electron chi connectivity index (χ0n) is 8.73. The lowest BCUT2D eigenvalue weighted by Gasteiger charge is -2.10. The van der Waals surface area contributed by atoms with E-state index < -0.39 is 9.84 Å². The van der Waals surface area contributed by atoms with Gasteiger partial charge >= 0.3 is 0 Å². The number of benzene rings is 1. The summed E-state index contributed by atoms with van der Waals surface area (Å²) in [5.41, 5.74) is 5.99. The predicted molar refractivity (Wildman–Crippen MR) is 61.7 cm³/mol. The molecule has 5 heteroatoms. The molecule has 15 heavy (non-hydrogen) atoms. The molecule has 0 aliphatic heterocycles. The van der Waals surface area contributed by atoms with Crippen molar-refractivity contribution >= 4 is 15.5 Å². The van der Waals surface area contributed by atoms with Gasteiger partial charge in [-0.1, -0.05) is 19.1 Å². The summed E-state index contributed by atoms with van der Waals surface area (Å²) in [7, 11) is -3.16. The largest absolute Gasteiger partial charge is 0.383 e. The first-order valence-corrected chi connectivity index (χ1v) is 6.52. The van der Waals surface area contributed by atoms with Gasteiger partial charge in [0.05, 0.1) is 16.3 Å². The highest BCUT2D eigenvalue weighted by atomic mass is 32.2. The minimum Gasteiger partial charge on any atom is -0.383 e. The molecule has 1 aromatic carbocycles. The molecule has 0 bridgehead atoms. The van der Waals surface area contributed by atoms with Crippen LogP contribution in [0.1, 0.15) is 6.92 Å². The van der Waals surface area contributed by atoms with Crippen molar-refractivity contribution in [2.45, 2.75) is 11.8 Å². The topological polar surface area (TPSA) is 72.2 Å². The van der Waals surface area contributed by atoms with Gasteiger partial charge in [-0.15, -0.1) is 0 Å². The molecule has 1 aromatic rings. The third-order valence-electron chi connectivity index (χ3n) is 2.06. The van der Waals surface area contributed by atoms with E-state index in [0.717, 1.165) is 0 Å². The Morgan fingerprint density at radius 3 is 2.60 bits per heavy atom. The Morgan fingerprint density at radius 1 is 1.33 bits per heavy atom. The number of anilines is 1. The lowest BCUT2D eigenvalue weighted by Crippen LogP contribution is -2.15. The van der Waals surface area contributed by atoms with Crippen molar-refractivity contribution in [2.24, 2.45) is 5.73 Å². The smallest absolute Gasteiger partial charge is 0.180 e. The van der Waals surface area contributed by atoms with E-state index in [4.69, 9.17) is 5.73 Å². The molecule has 0 amide bonds. The molecule has 0 saturated heterocycles. The van der Waals surface area contributed by atoms with Crippen LogP contribution in [-0.2, 0) is 9.84 Å². The average Bonchev–Trinajstić information content (AvgIpc) is 2.26. The minimum atomic E-state index is -3.16. The molecule has 4 nitrogen and oxygen atoms in total. The lowest BCUT2D eigenvalue weighted by atomic mass is 10.3. The van der Waals surface area contributed by atoms with Gasteiger partial charge in [0.15, 0.2) is 9.84 Å². The van der Waals surface area contributed by atoms with Crippen LogP contribution in [0.2, 0.25) is 0 Å². The van der Waals surface area contributed by atoms with Crippen LogP contribution in [0.5, 0.6) is 0 Å². The summed E-state index contributed by atoms with van der Waals surface area (Å²) in [6.45, 7) is 2.67. The maximum Gasteiger partial charge on any atom is 0.180 e. The van der Waals surface area contributed by atoms with Crippen LogP contribution in [0, 0.1) is 0 Å². The molecule has 0 unspecified atom stereocenters. The normalized spacial score (nSPS) is 11.3. The molecule has 0 saturated carbocycles. The third-order valence-corrected chi connectivity index (χ3v) is 3.85. The fourth-order valence-corrected chi connectivity index (χ4v) is 2.32. The van der Waals surface area contributed by atoms with Crippen LogP contribution < -0.4 is 11.1 Å². The molecular formula is C10H16N2O2S. The third kappa shape index (κ3) is 2.94. The number of nitrogens with one attached hydrogen (secondary N) is 1. The minimum absolute atomic E-state index is 0.105. The highest BCUT2D eigenvalue weighted by Gasteiger charge is 2.15. The van der Waals surface area contributed by atoms with Gasteiger partial charge in [-0.3, -0.25) is 0 Å². The number of hydrogen-bond donors (Lipinski definition) is 2. The van der Waals surface area contributed by atoms with E-state index in [-0.39, 0.29) is 5.75 Å². The molecule has 0 fully saturated rings. The van der Waals surface area contributed by atoms with Gasteiger partial charge in [-0.25, -0.2) is 8.42 Å². The van der Waals surface area contributed by atoms with Crippen molar-refractivity contribution in [1.82, 2.24) is 0 Å². The SMILES string of the molecule is CCS(=O)(=O)c1ccccc1NCCN. The van der Waals surface area contributed by atoms with Gasteiger partial charge in [0, 0.05) is 13.1 Å². The molecule has 0 spiro atoms. The summed E-state index contributed by atoms with van der Waals surface area (Å²) < 4.78 is 23.4. The number of sulfone groups is 1. The molecule has 0 radical (unpaired) electrons. The van der Waals surface area contributed by atoms with Crippen molar-refractivity contribution in [3.8, 4) is 0 Å². The number of rotatable bonds is 5. The Morgan fingerprint density at radius 2 is 2.00 bits per heavy atom. The van der Waals surface area contributed by atoms with Gasteiger partial charge in [0.25, 0.3) is 0 Å². The summed E-state index contributed by atoms with van der Waals surface area (Å²) in [5.74, 6) is 0.105. The second-order valence-corrected chi connectivity index (χ2v) is 5.36. The Kier molecular flexibility index (Phi) is 4.11. The van der Waals surface area contributed by atoms with Crippen LogP contribution in [-0.4, -0.2) is 27.3 Å². The van der Waals surface area contributed by atoms with Crippen LogP contribution in [0.3, 0.4) is 0 Å². The van der Waals surface area contributed by atoms with E-state index >= 15 is 0 Å². The monoisotopic (exact) mass is 228 g/mol.